The molecule has 0 amide bonds. The van der Waals surface area contributed by atoms with Crippen molar-refractivity contribution in [1.29, 1.82) is 0 Å². The van der Waals surface area contributed by atoms with E-state index in [1.807, 2.05) is 45.0 Å². The van der Waals surface area contributed by atoms with Crippen LogP contribution in [0.25, 0.3) is 0 Å². The number of rotatable bonds is 7. The van der Waals surface area contributed by atoms with Gasteiger partial charge in [-0.25, -0.2) is 0 Å². The summed E-state index contributed by atoms with van der Waals surface area (Å²) >= 11 is 1.67. The number of nitrogens with zero attached hydrogens (tertiary/aromatic N) is 1. The van der Waals surface area contributed by atoms with Gasteiger partial charge in [-0.3, -0.25) is 9.78 Å². The Morgan fingerprint density at radius 2 is 1.80 bits per heavy atom. The molecule has 156 valence electrons. The monoisotopic (exact) mass is 421 g/mol. The van der Waals surface area contributed by atoms with E-state index in [1.54, 1.807) is 43.2 Å². The molecule has 0 fully saturated rings. The zero-order chi connectivity index (χ0) is 21.7. The molecule has 0 aliphatic rings. The number of phenolic OH excluding ortho intramolecular Hbond substituents is 1. The predicted octanol–water partition coefficient (Wildman–Crippen LogP) is 6.44. The van der Waals surface area contributed by atoms with Crippen LogP contribution in [0.5, 0.6) is 11.5 Å². The Hall–Kier alpha value is -2.79. The van der Waals surface area contributed by atoms with Crippen LogP contribution in [0.2, 0.25) is 0 Å². The van der Waals surface area contributed by atoms with Crippen LogP contribution >= 0.6 is 11.8 Å². The Bertz CT molecular complexity index is 1030. The molecule has 0 aliphatic carbocycles. The van der Waals surface area contributed by atoms with Crippen molar-refractivity contribution in [3.8, 4) is 11.5 Å². The van der Waals surface area contributed by atoms with Gasteiger partial charge in [0.15, 0.2) is 5.78 Å². The SMILES string of the molecule is Cc1c(OCc2cccc(Sc3ccncc3)c2)ccc(C(=O)CC(C)(C)C)c1O. The molecule has 0 aliphatic heterocycles. The molecule has 1 N–H and O–H groups in total. The Morgan fingerprint density at radius 3 is 2.50 bits per heavy atom. The molecule has 3 aromatic rings. The molecule has 0 saturated carbocycles. The summed E-state index contributed by atoms with van der Waals surface area (Å²) in [6.07, 6.45) is 3.93. The maximum absolute atomic E-state index is 12.5. The molecule has 0 saturated heterocycles. The third kappa shape index (κ3) is 5.86. The molecular formula is C25H27NO3S. The van der Waals surface area contributed by atoms with Crippen molar-refractivity contribution in [1.82, 2.24) is 4.98 Å². The molecule has 0 spiro atoms. The number of ether oxygens (including phenoxy) is 1. The van der Waals surface area contributed by atoms with Crippen LogP contribution in [-0.4, -0.2) is 15.9 Å². The largest absolute Gasteiger partial charge is 0.507 e. The Morgan fingerprint density at radius 1 is 1.07 bits per heavy atom. The fourth-order valence-electron chi connectivity index (χ4n) is 3.04. The van der Waals surface area contributed by atoms with E-state index in [4.69, 9.17) is 4.74 Å². The average Bonchev–Trinajstić information content (AvgIpc) is 2.69. The van der Waals surface area contributed by atoms with Gasteiger partial charge in [-0.1, -0.05) is 44.7 Å². The van der Waals surface area contributed by atoms with Crippen LogP contribution in [0.4, 0.5) is 0 Å². The second-order valence-electron chi connectivity index (χ2n) is 8.47. The van der Waals surface area contributed by atoms with Crippen LogP contribution in [0.15, 0.2) is 70.7 Å². The van der Waals surface area contributed by atoms with Gasteiger partial charge >= 0.3 is 0 Å². The predicted molar refractivity (Wildman–Crippen MR) is 120 cm³/mol. The Balaban J connectivity index is 1.69. The highest BCUT2D eigenvalue weighted by Gasteiger charge is 2.21. The molecule has 0 unspecified atom stereocenters. The highest BCUT2D eigenvalue weighted by Crippen LogP contribution is 2.34. The minimum Gasteiger partial charge on any atom is -0.507 e. The highest BCUT2D eigenvalue weighted by molar-refractivity contribution is 7.99. The average molecular weight is 422 g/mol. The molecule has 1 heterocycles. The van der Waals surface area contributed by atoms with Crippen LogP contribution in [0.1, 0.15) is 48.7 Å². The quantitative estimate of drug-likeness (QED) is 0.445. The number of pyridine rings is 1. The van der Waals surface area contributed by atoms with Gasteiger partial charge < -0.3 is 9.84 Å². The van der Waals surface area contributed by atoms with Crippen molar-refractivity contribution in [3.63, 3.8) is 0 Å². The second kappa shape index (κ2) is 9.35. The minimum absolute atomic E-state index is 0.00347. The molecule has 0 radical (unpaired) electrons. The summed E-state index contributed by atoms with van der Waals surface area (Å²) in [5, 5.41) is 10.5. The number of aromatic hydroxyl groups is 1. The topological polar surface area (TPSA) is 59.4 Å². The maximum Gasteiger partial charge on any atom is 0.167 e. The van der Waals surface area contributed by atoms with Gasteiger partial charge in [-0.15, -0.1) is 0 Å². The first-order chi connectivity index (χ1) is 14.2. The first kappa shape index (κ1) is 21.9. The van der Waals surface area contributed by atoms with Gasteiger partial charge in [-0.05, 0) is 54.3 Å². The number of ketones is 1. The van der Waals surface area contributed by atoms with Crippen LogP contribution in [-0.2, 0) is 6.61 Å². The van der Waals surface area contributed by atoms with Crippen LogP contribution in [0, 0.1) is 12.3 Å². The van der Waals surface area contributed by atoms with E-state index in [0.717, 1.165) is 15.4 Å². The number of aromatic nitrogens is 1. The van der Waals surface area contributed by atoms with Crippen LogP contribution < -0.4 is 4.74 Å². The van der Waals surface area contributed by atoms with Crippen molar-refractivity contribution in [2.75, 3.05) is 0 Å². The lowest BCUT2D eigenvalue weighted by Crippen LogP contribution is -2.13. The van der Waals surface area contributed by atoms with Crippen molar-refractivity contribution >= 4 is 17.5 Å². The standard InChI is InChI=1S/C25H27NO3S/c1-17-23(9-8-21(24(17)28)22(27)15-25(2,3)4)29-16-18-6-5-7-20(14-18)30-19-10-12-26-13-11-19/h5-14,28H,15-16H2,1-4H3. The van der Waals surface area contributed by atoms with Gasteiger partial charge in [-0.2, -0.15) is 0 Å². The molecule has 5 heteroatoms. The summed E-state index contributed by atoms with van der Waals surface area (Å²) in [4.78, 5) is 18.8. The van der Waals surface area contributed by atoms with E-state index in [-0.39, 0.29) is 16.9 Å². The number of benzene rings is 2. The summed E-state index contributed by atoms with van der Waals surface area (Å²) in [7, 11) is 0. The summed E-state index contributed by atoms with van der Waals surface area (Å²) in [5.41, 5.74) is 1.83. The van der Waals surface area contributed by atoms with E-state index in [1.165, 1.54) is 0 Å². The number of hydrogen-bond acceptors (Lipinski definition) is 5. The molecule has 1 aromatic heterocycles. The van der Waals surface area contributed by atoms with Crippen LogP contribution in [0.3, 0.4) is 0 Å². The molecule has 30 heavy (non-hydrogen) atoms. The number of carbonyl (C=O) groups excluding carboxylic acids is 1. The summed E-state index contributed by atoms with van der Waals surface area (Å²) < 4.78 is 5.95. The van der Waals surface area contributed by atoms with Gasteiger partial charge in [0.05, 0.1) is 5.56 Å². The van der Waals surface area contributed by atoms with E-state index in [9.17, 15) is 9.90 Å². The van der Waals surface area contributed by atoms with Gasteiger partial charge in [0.2, 0.25) is 0 Å². The van der Waals surface area contributed by atoms with E-state index in [0.29, 0.717) is 29.9 Å². The molecule has 3 rings (SSSR count). The third-order valence-corrected chi connectivity index (χ3v) is 5.55. The molecule has 2 aromatic carbocycles. The Labute approximate surface area is 182 Å². The first-order valence-corrected chi connectivity index (χ1v) is 10.7. The number of hydrogen-bond donors (Lipinski definition) is 1. The van der Waals surface area contributed by atoms with Gasteiger partial charge in [0.25, 0.3) is 0 Å². The lowest BCUT2D eigenvalue weighted by Gasteiger charge is -2.18. The first-order valence-electron chi connectivity index (χ1n) is 9.88. The minimum atomic E-state index is -0.133. The highest BCUT2D eigenvalue weighted by atomic mass is 32.2. The van der Waals surface area contributed by atoms with Gasteiger partial charge in [0, 0.05) is 34.2 Å². The Kier molecular flexibility index (Phi) is 6.83. The maximum atomic E-state index is 12.5. The number of phenols is 1. The summed E-state index contributed by atoms with van der Waals surface area (Å²) in [6.45, 7) is 8.17. The van der Waals surface area contributed by atoms with Gasteiger partial charge in [0.1, 0.15) is 18.1 Å². The molecule has 0 atom stereocenters. The van der Waals surface area contributed by atoms with Crippen molar-refractivity contribution in [3.05, 3.63) is 77.6 Å². The lowest BCUT2D eigenvalue weighted by molar-refractivity contribution is 0.0937. The zero-order valence-corrected chi connectivity index (χ0v) is 18.6. The zero-order valence-electron chi connectivity index (χ0n) is 17.8. The van der Waals surface area contributed by atoms with Crippen molar-refractivity contribution in [2.24, 2.45) is 5.41 Å². The number of carbonyl (C=O) groups is 1. The molecule has 0 bridgehead atoms. The second-order valence-corrected chi connectivity index (χ2v) is 9.61. The summed E-state index contributed by atoms with van der Waals surface area (Å²) in [5.74, 6) is 0.520. The van der Waals surface area contributed by atoms with E-state index >= 15 is 0 Å². The lowest BCUT2D eigenvalue weighted by atomic mass is 9.87. The third-order valence-electron chi connectivity index (χ3n) is 4.55. The van der Waals surface area contributed by atoms with E-state index < -0.39 is 0 Å². The fourth-order valence-corrected chi connectivity index (χ4v) is 3.93. The van der Waals surface area contributed by atoms with E-state index in [2.05, 4.69) is 17.1 Å². The molecular weight excluding hydrogens is 394 g/mol. The smallest absolute Gasteiger partial charge is 0.167 e. The number of Topliss-reactive ketones (excluding diaryl/α,β-unsaturated/α-hetero) is 1. The van der Waals surface area contributed by atoms with Crippen molar-refractivity contribution < 1.29 is 14.6 Å². The molecule has 4 nitrogen and oxygen atoms in total. The summed E-state index contributed by atoms with van der Waals surface area (Å²) in [6, 6.07) is 15.5. The van der Waals surface area contributed by atoms with Crippen molar-refractivity contribution in [2.45, 2.75) is 50.5 Å². The fraction of sp³-hybridized carbons (Fsp3) is 0.280. The normalized spacial score (nSPS) is 11.3.